The van der Waals surface area contributed by atoms with Crippen molar-refractivity contribution in [2.45, 2.75) is 22.7 Å². The lowest BCUT2D eigenvalue weighted by Gasteiger charge is -2.41. The van der Waals surface area contributed by atoms with Crippen LogP contribution in [0.3, 0.4) is 0 Å². The Hall–Kier alpha value is -1.48. The summed E-state index contributed by atoms with van der Waals surface area (Å²) in [5.74, 6) is 0. The maximum Gasteiger partial charge on any atom is 0.249 e. The summed E-state index contributed by atoms with van der Waals surface area (Å²) in [5.41, 5.74) is 2.26. The number of nitrogens with two attached hydrogens (primary N) is 1. The van der Waals surface area contributed by atoms with Crippen LogP contribution in [-0.4, -0.2) is 33.1 Å². The number of sulfonamides is 1. The molecule has 2 aromatic rings. The van der Waals surface area contributed by atoms with Gasteiger partial charge in [-0.25, -0.2) is 18.5 Å². The van der Waals surface area contributed by atoms with Crippen molar-refractivity contribution in [2.24, 2.45) is 5.14 Å². The molecule has 6 nitrogen and oxygen atoms in total. The molecule has 122 valence electrons. The van der Waals surface area contributed by atoms with Gasteiger partial charge in [0.15, 0.2) is 9.34 Å². The van der Waals surface area contributed by atoms with Crippen molar-refractivity contribution in [1.29, 1.82) is 0 Å². The van der Waals surface area contributed by atoms with Crippen molar-refractivity contribution in [3.63, 3.8) is 0 Å². The quantitative estimate of drug-likeness (QED) is 0.885. The first-order chi connectivity index (χ1) is 11.0. The van der Waals surface area contributed by atoms with E-state index < -0.39 is 10.0 Å². The summed E-state index contributed by atoms with van der Waals surface area (Å²) in [6.45, 7) is 1.97. The summed E-state index contributed by atoms with van der Waals surface area (Å²) >= 11 is 1.12. The second-order valence-electron chi connectivity index (χ2n) is 5.93. The average Bonchev–Trinajstić information content (AvgIpc) is 3.14. The Morgan fingerprint density at radius 3 is 2.96 bits per heavy atom. The Bertz CT molecular complexity index is 845. The summed E-state index contributed by atoms with van der Waals surface area (Å²) in [7, 11) is -3.70. The third-order valence-corrected chi connectivity index (χ3v) is 6.98. The molecular formula is C15H17N3O3S2. The molecular weight excluding hydrogens is 334 g/mol. The summed E-state index contributed by atoms with van der Waals surface area (Å²) in [6, 6.07) is 8.37. The van der Waals surface area contributed by atoms with Crippen molar-refractivity contribution < 1.29 is 13.2 Å². The summed E-state index contributed by atoms with van der Waals surface area (Å²) in [6.07, 6.45) is 3.28. The molecule has 0 amide bonds. The lowest BCUT2D eigenvalue weighted by atomic mass is 9.94. The highest BCUT2D eigenvalue weighted by atomic mass is 32.2. The van der Waals surface area contributed by atoms with Gasteiger partial charge in [-0.1, -0.05) is 35.6 Å². The van der Waals surface area contributed by atoms with E-state index in [1.54, 1.807) is 0 Å². The number of aromatic nitrogens is 1. The number of ether oxygens (including phenoxy) is 1. The number of rotatable bonds is 2. The molecule has 1 spiro atoms. The molecule has 1 aromatic carbocycles. The minimum Gasteiger partial charge on any atom is -0.367 e. The van der Waals surface area contributed by atoms with E-state index >= 15 is 0 Å². The van der Waals surface area contributed by atoms with Gasteiger partial charge in [0.05, 0.1) is 19.3 Å². The molecule has 0 radical (unpaired) electrons. The van der Waals surface area contributed by atoms with Gasteiger partial charge in [-0.3, -0.25) is 0 Å². The first-order valence-electron chi connectivity index (χ1n) is 7.44. The number of anilines is 1. The first-order valence-corrected chi connectivity index (χ1v) is 9.80. The molecule has 2 N–H and O–H groups in total. The van der Waals surface area contributed by atoms with Crippen molar-refractivity contribution in [2.75, 3.05) is 24.6 Å². The average molecular weight is 351 g/mol. The Morgan fingerprint density at radius 1 is 1.35 bits per heavy atom. The highest BCUT2D eigenvalue weighted by Gasteiger charge is 2.43. The Kier molecular flexibility index (Phi) is 3.45. The highest BCUT2D eigenvalue weighted by Crippen LogP contribution is 2.43. The predicted molar refractivity (Wildman–Crippen MR) is 88.1 cm³/mol. The van der Waals surface area contributed by atoms with Crippen molar-refractivity contribution in [1.82, 2.24) is 4.98 Å². The molecule has 4 rings (SSSR count). The molecule has 2 heterocycles. The van der Waals surface area contributed by atoms with Crippen LogP contribution in [0.1, 0.15) is 17.5 Å². The second kappa shape index (κ2) is 5.27. The maximum atomic E-state index is 11.4. The van der Waals surface area contributed by atoms with E-state index in [4.69, 9.17) is 9.88 Å². The zero-order chi connectivity index (χ0) is 16.1. The zero-order valence-electron chi connectivity index (χ0n) is 12.4. The van der Waals surface area contributed by atoms with Gasteiger partial charge < -0.3 is 9.64 Å². The molecule has 1 saturated heterocycles. The zero-order valence-corrected chi connectivity index (χ0v) is 14.1. The smallest absolute Gasteiger partial charge is 0.249 e. The van der Waals surface area contributed by atoms with Gasteiger partial charge in [-0.2, -0.15) is 0 Å². The van der Waals surface area contributed by atoms with Crippen LogP contribution in [0.4, 0.5) is 5.13 Å². The number of hydrogen-bond acceptors (Lipinski definition) is 6. The highest BCUT2D eigenvalue weighted by molar-refractivity contribution is 7.91. The van der Waals surface area contributed by atoms with Crippen LogP contribution in [0.25, 0.3) is 0 Å². The van der Waals surface area contributed by atoms with Gasteiger partial charge in [0, 0.05) is 6.54 Å². The molecule has 2 aliphatic rings. The van der Waals surface area contributed by atoms with E-state index in [9.17, 15) is 8.42 Å². The molecule has 1 unspecified atom stereocenters. The summed E-state index contributed by atoms with van der Waals surface area (Å²) < 4.78 is 29.2. The molecule has 1 aliphatic carbocycles. The molecule has 1 aliphatic heterocycles. The van der Waals surface area contributed by atoms with E-state index in [2.05, 4.69) is 28.1 Å². The number of primary sulfonamides is 1. The SMILES string of the molecule is NS(=O)(=O)c1cnc(N2CCOC3(CCc4ccccc43)C2)s1. The molecule has 1 fully saturated rings. The van der Waals surface area contributed by atoms with Gasteiger partial charge >= 0.3 is 0 Å². The van der Waals surface area contributed by atoms with Gasteiger partial charge in [0.1, 0.15) is 5.60 Å². The third-order valence-electron chi connectivity index (χ3n) is 4.52. The number of nitrogens with zero attached hydrogens (tertiary/aromatic N) is 2. The lowest BCUT2D eigenvalue weighted by molar-refractivity contribution is -0.0592. The van der Waals surface area contributed by atoms with Crippen LogP contribution < -0.4 is 10.0 Å². The molecule has 8 heteroatoms. The normalized spacial score (nSPS) is 24.1. The summed E-state index contributed by atoms with van der Waals surface area (Å²) in [4.78, 5) is 6.35. The fraction of sp³-hybridized carbons (Fsp3) is 0.400. The number of hydrogen-bond donors (Lipinski definition) is 1. The second-order valence-corrected chi connectivity index (χ2v) is 8.73. The van der Waals surface area contributed by atoms with Gasteiger partial charge in [-0.05, 0) is 24.0 Å². The number of thiazole rings is 1. The largest absolute Gasteiger partial charge is 0.367 e. The van der Waals surface area contributed by atoms with Gasteiger partial charge in [0.25, 0.3) is 0 Å². The third kappa shape index (κ3) is 2.55. The van der Waals surface area contributed by atoms with Crippen LogP contribution >= 0.6 is 11.3 Å². The van der Waals surface area contributed by atoms with E-state index in [0.717, 1.165) is 24.2 Å². The maximum absolute atomic E-state index is 11.4. The van der Waals surface area contributed by atoms with Gasteiger partial charge in [0.2, 0.25) is 10.0 Å². The first kappa shape index (κ1) is 15.1. The molecule has 0 bridgehead atoms. The van der Waals surface area contributed by atoms with E-state index in [0.29, 0.717) is 24.8 Å². The van der Waals surface area contributed by atoms with E-state index in [-0.39, 0.29) is 9.81 Å². The summed E-state index contributed by atoms with van der Waals surface area (Å²) in [5, 5.41) is 5.86. The minimum absolute atomic E-state index is 0.0971. The number of benzene rings is 1. The molecule has 1 aromatic heterocycles. The van der Waals surface area contributed by atoms with Crippen LogP contribution in [0.2, 0.25) is 0 Å². The van der Waals surface area contributed by atoms with E-state index in [1.807, 2.05) is 6.07 Å². The predicted octanol–water partition coefficient (Wildman–Crippen LogP) is 1.47. The molecule has 1 atom stereocenters. The molecule has 23 heavy (non-hydrogen) atoms. The van der Waals surface area contributed by atoms with Crippen molar-refractivity contribution in [3.8, 4) is 0 Å². The lowest BCUT2D eigenvalue weighted by Crippen LogP contribution is -2.49. The minimum atomic E-state index is -3.70. The van der Waals surface area contributed by atoms with E-state index in [1.165, 1.54) is 17.3 Å². The number of aryl methyl sites for hydroxylation is 1. The Balaban J connectivity index is 1.65. The number of morpholine rings is 1. The van der Waals surface area contributed by atoms with Crippen LogP contribution in [-0.2, 0) is 26.8 Å². The molecule has 0 saturated carbocycles. The Morgan fingerprint density at radius 2 is 2.17 bits per heavy atom. The monoisotopic (exact) mass is 351 g/mol. The Labute approximate surface area is 139 Å². The standard InChI is InChI=1S/C15H17N3O3S2/c16-23(19,20)13-9-17-14(22-13)18-7-8-21-15(10-18)6-5-11-3-1-2-4-12(11)15/h1-4,9H,5-8,10H2,(H2,16,19,20). The van der Waals surface area contributed by atoms with Crippen LogP contribution in [0, 0.1) is 0 Å². The van der Waals surface area contributed by atoms with Crippen LogP contribution in [0.15, 0.2) is 34.7 Å². The number of fused-ring (bicyclic) bond motifs is 2. The van der Waals surface area contributed by atoms with Gasteiger partial charge in [-0.15, -0.1) is 0 Å². The fourth-order valence-corrected chi connectivity index (χ4v) is 5.01. The fourth-order valence-electron chi connectivity index (χ4n) is 3.44. The topological polar surface area (TPSA) is 85.5 Å². The van der Waals surface area contributed by atoms with Crippen molar-refractivity contribution >= 4 is 26.5 Å². The van der Waals surface area contributed by atoms with Crippen molar-refractivity contribution in [3.05, 3.63) is 41.6 Å². The van der Waals surface area contributed by atoms with Crippen LogP contribution in [0.5, 0.6) is 0 Å².